The van der Waals surface area contributed by atoms with E-state index >= 15 is 0 Å². The molecule has 5 rings (SSSR count). The van der Waals surface area contributed by atoms with Crippen LogP contribution in [0.1, 0.15) is 59.2 Å². The quantitative estimate of drug-likeness (QED) is 0.587. The number of rotatable bonds is 4. The Bertz CT molecular complexity index is 618. The Kier molecular flexibility index (Phi) is 3.83. The molecule has 0 atom stereocenters. The van der Waals surface area contributed by atoms with Crippen LogP contribution in [0.15, 0.2) is 24.3 Å². The highest BCUT2D eigenvalue weighted by Gasteiger charge is 2.50. The van der Waals surface area contributed by atoms with Gasteiger partial charge in [0.25, 0.3) is 11.8 Å². The van der Waals surface area contributed by atoms with Crippen LogP contribution in [-0.4, -0.2) is 23.6 Å². The molecule has 24 heavy (non-hydrogen) atoms. The summed E-state index contributed by atoms with van der Waals surface area (Å²) in [6.45, 7) is 0.772. The molecular formula is C19H24N2O3. The Morgan fingerprint density at radius 1 is 0.917 bits per heavy atom. The van der Waals surface area contributed by atoms with Crippen molar-refractivity contribution in [3.63, 3.8) is 0 Å². The minimum absolute atomic E-state index is 0.0818. The third kappa shape index (κ3) is 2.81. The Morgan fingerprint density at radius 3 is 1.83 bits per heavy atom. The largest absolute Gasteiger partial charge is 0.351 e. The summed E-state index contributed by atoms with van der Waals surface area (Å²) in [6, 6.07) is 6.34. The van der Waals surface area contributed by atoms with Crippen LogP contribution in [0.5, 0.6) is 0 Å². The Balaban J connectivity index is 1.39. The van der Waals surface area contributed by atoms with Crippen LogP contribution < -0.4 is 10.8 Å². The zero-order valence-electron chi connectivity index (χ0n) is 13.8. The molecule has 0 radical (unpaired) electrons. The van der Waals surface area contributed by atoms with Crippen molar-refractivity contribution >= 4 is 11.8 Å². The molecule has 4 bridgehead atoms. The molecule has 4 saturated carbocycles. The van der Waals surface area contributed by atoms with E-state index in [4.69, 9.17) is 5.21 Å². The van der Waals surface area contributed by atoms with Crippen molar-refractivity contribution in [2.45, 2.75) is 38.5 Å². The summed E-state index contributed by atoms with van der Waals surface area (Å²) in [5.74, 6) is 1.98. The number of hydrogen-bond donors (Lipinski definition) is 3. The first kappa shape index (κ1) is 15.6. The van der Waals surface area contributed by atoms with Crippen molar-refractivity contribution in [1.82, 2.24) is 10.8 Å². The first-order valence-corrected chi connectivity index (χ1v) is 8.90. The van der Waals surface area contributed by atoms with Gasteiger partial charge in [0, 0.05) is 17.7 Å². The van der Waals surface area contributed by atoms with Crippen LogP contribution >= 0.6 is 0 Å². The van der Waals surface area contributed by atoms with E-state index in [1.54, 1.807) is 29.7 Å². The number of nitrogens with one attached hydrogen (secondary N) is 2. The average Bonchev–Trinajstić information content (AvgIpc) is 2.58. The summed E-state index contributed by atoms with van der Waals surface area (Å²) in [6.07, 6.45) is 8.03. The van der Waals surface area contributed by atoms with E-state index in [-0.39, 0.29) is 5.91 Å². The van der Waals surface area contributed by atoms with Crippen LogP contribution in [0, 0.1) is 23.2 Å². The number of hydrogen-bond acceptors (Lipinski definition) is 3. The number of hydroxylamine groups is 1. The SMILES string of the molecule is O=C(NO)c1ccc(C(=O)NCC23CC4CC(CC(C4)C2)C3)cc1. The monoisotopic (exact) mass is 328 g/mol. The molecule has 128 valence electrons. The zero-order chi connectivity index (χ0) is 16.7. The van der Waals surface area contributed by atoms with Gasteiger partial charge in [0.15, 0.2) is 0 Å². The maximum absolute atomic E-state index is 12.4. The summed E-state index contributed by atoms with van der Waals surface area (Å²) in [5.41, 5.74) is 2.79. The lowest BCUT2D eigenvalue weighted by atomic mass is 9.49. The molecule has 0 heterocycles. The molecule has 5 nitrogen and oxygen atoms in total. The maximum atomic E-state index is 12.4. The van der Waals surface area contributed by atoms with E-state index in [0.29, 0.717) is 16.5 Å². The highest BCUT2D eigenvalue weighted by Crippen LogP contribution is 2.59. The summed E-state index contributed by atoms with van der Waals surface area (Å²) in [4.78, 5) is 23.7. The first-order valence-electron chi connectivity index (χ1n) is 8.90. The molecule has 0 aromatic heterocycles. The van der Waals surface area contributed by atoms with Crippen molar-refractivity contribution in [1.29, 1.82) is 0 Å². The lowest BCUT2D eigenvalue weighted by Crippen LogP contribution is -2.51. The molecule has 4 aliphatic carbocycles. The molecule has 4 fully saturated rings. The van der Waals surface area contributed by atoms with Crippen LogP contribution in [0.4, 0.5) is 0 Å². The van der Waals surface area contributed by atoms with E-state index in [2.05, 4.69) is 5.32 Å². The molecule has 5 heteroatoms. The van der Waals surface area contributed by atoms with Gasteiger partial charge in [-0.1, -0.05) is 0 Å². The molecule has 1 aromatic carbocycles. The third-order valence-corrected chi connectivity index (χ3v) is 6.30. The summed E-state index contributed by atoms with van der Waals surface area (Å²) < 4.78 is 0. The normalized spacial score (nSPS) is 33.3. The maximum Gasteiger partial charge on any atom is 0.274 e. The molecule has 0 spiro atoms. The molecule has 0 unspecified atom stereocenters. The summed E-state index contributed by atoms with van der Waals surface area (Å²) in [5, 5.41) is 11.8. The molecule has 0 aliphatic heterocycles. The smallest absolute Gasteiger partial charge is 0.274 e. The Morgan fingerprint density at radius 2 is 1.38 bits per heavy atom. The highest BCUT2D eigenvalue weighted by molar-refractivity contribution is 5.97. The number of carbonyl (C=O) groups excluding carboxylic acids is 2. The fourth-order valence-electron chi connectivity index (χ4n) is 5.71. The second-order valence-electron chi connectivity index (χ2n) is 8.12. The predicted molar refractivity (Wildman–Crippen MR) is 88.6 cm³/mol. The van der Waals surface area contributed by atoms with Gasteiger partial charge in [-0.15, -0.1) is 0 Å². The molecule has 0 saturated heterocycles. The molecular weight excluding hydrogens is 304 g/mol. The van der Waals surface area contributed by atoms with Gasteiger partial charge in [-0.3, -0.25) is 14.8 Å². The van der Waals surface area contributed by atoms with Crippen LogP contribution in [0.3, 0.4) is 0 Å². The standard InChI is InChI=1S/C19H24N2O3/c22-17(15-1-3-16(4-2-15)18(23)21-24)20-11-19-8-12-5-13(9-19)7-14(6-12)10-19/h1-4,12-14,24H,5-11H2,(H,20,22)(H,21,23). The first-order chi connectivity index (χ1) is 11.6. The summed E-state index contributed by atoms with van der Waals surface area (Å²) in [7, 11) is 0. The van der Waals surface area contributed by atoms with Gasteiger partial charge in [-0.05, 0) is 86.0 Å². The van der Waals surface area contributed by atoms with Crippen molar-refractivity contribution < 1.29 is 14.8 Å². The zero-order valence-corrected chi connectivity index (χ0v) is 13.8. The van der Waals surface area contributed by atoms with Gasteiger partial charge in [0.1, 0.15) is 0 Å². The van der Waals surface area contributed by atoms with Gasteiger partial charge in [0.05, 0.1) is 0 Å². The van der Waals surface area contributed by atoms with Gasteiger partial charge in [0.2, 0.25) is 0 Å². The fraction of sp³-hybridized carbons (Fsp3) is 0.579. The Hall–Kier alpha value is -1.88. The molecule has 2 amide bonds. The van der Waals surface area contributed by atoms with Crippen LogP contribution in [0.25, 0.3) is 0 Å². The third-order valence-electron chi connectivity index (χ3n) is 6.30. The summed E-state index contributed by atoms with van der Waals surface area (Å²) >= 11 is 0. The second-order valence-corrected chi connectivity index (χ2v) is 8.12. The van der Waals surface area contributed by atoms with Gasteiger partial charge >= 0.3 is 0 Å². The van der Waals surface area contributed by atoms with E-state index in [1.165, 1.54) is 38.5 Å². The van der Waals surface area contributed by atoms with E-state index in [9.17, 15) is 9.59 Å². The fourth-order valence-corrected chi connectivity index (χ4v) is 5.71. The molecule has 4 aliphatic rings. The number of carbonyl (C=O) groups is 2. The lowest BCUT2D eigenvalue weighted by molar-refractivity contribution is -0.0503. The van der Waals surface area contributed by atoms with Crippen molar-refractivity contribution in [3.8, 4) is 0 Å². The minimum atomic E-state index is -0.574. The van der Waals surface area contributed by atoms with E-state index in [1.807, 2.05) is 0 Å². The van der Waals surface area contributed by atoms with Crippen molar-refractivity contribution in [2.75, 3.05) is 6.54 Å². The average molecular weight is 328 g/mol. The second kappa shape index (κ2) is 5.88. The number of amides is 2. The van der Waals surface area contributed by atoms with Crippen molar-refractivity contribution in [3.05, 3.63) is 35.4 Å². The minimum Gasteiger partial charge on any atom is -0.351 e. The molecule has 1 aromatic rings. The van der Waals surface area contributed by atoms with Crippen LogP contribution in [0.2, 0.25) is 0 Å². The van der Waals surface area contributed by atoms with Crippen molar-refractivity contribution in [2.24, 2.45) is 23.2 Å². The van der Waals surface area contributed by atoms with E-state index in [0.717, 1.165) is 24.3 Å². The predicted octanol–water partition coefficient (Wildman–Crippen LogP) is 2.75. The molecule has 3 N–H and O–H groups in total. The number of benzene rings is 1. The highest BCUT2D eigenvalue weighted by atomic mass is 16.5. The van der Waals surface area contributed by atoms with Gasteiger partial charge in [-0.2, -0.15) is 0 Å². The lowest BCUT2D eigenvalue weighted by Gasteiger charge is -2.56. The van der Waals surface area contributed by atoms with Gasteiger partial charge in [-0.25, -0.2) is 5.48 Å². The van der Waals surface area contributed by atoms with Crippen LogP contribution in [-0.2, 0) is 0 Å². The Labute approximate surface area is 141 Å². The topological polar surface area (TPSA) is 78.4 Å². The van der Waals surface area contributed by atoms with E-state index < -0.39 is 5.91 Å². The van der Waals surface area contributed by atoms with Gasteiger partial charge < -0.3 is 5.32 Å².